The molecule has 0 amide bonds. The van der Waals surface area contributed by atoms with Crippen molar-refractivity contribution in [1.29, 1.82) is 0 Å². The Morgan fingerprint density at radius 3 is 2.79 bits per heavy atom. The first-order chi connectivity index (χ1) is 13.8. The van der Waals surface area contributed by atoms with E-state index in [9.17, 15) is 4.79 Å². The third-order valence-corrected chi connectivity index (χ3v) is 5.25. The number of pyridine rings is 1. The SMILES string of the molecule is O=c1ccc(-c2ccncc2)nn1CC1CCCN1c1nc2ccccc2[nH]1. The second kappa shape index (κ2) is 6.92. The average molecular weight is 372 g/mol. The van der Waals surface area contributed by atoms with Crippen molar-refractivity contribution in [3.8, 4) is 11.3 Å². The van der Waals surface area contributed by atoms with Crippen LogP contribution < -0.4 is 10.5 Å². The van der Waals surface area contributed by atoms with Crippen LogP contribution in [0.15, 0.2) is 65.7 Å². The molecule has 1 aromatic carbocycles. The van der Waals surface area contributed by atoms with Crippen molar-refractivity contribution in [2.24, 2.45) is 0 Å². The van der Waals surface area contributed by atoms with E-state index in [1.165, 1.54) is 0 Å². The molecule has 1 N–H and O–H groups in total. The van der Waals surface area contributed by atoms with Crippen LogP contribution >= 0.6 is 0 Å². The summed E-state index contributed by atoms with van der Waals surface area (Å²) in [5, 5.41) is 4.60. The van der Waals surface area contributed by atoms with E-state index in [2.05, 4.69) is 20.0 Å². The van der Waals surface area contributed by atoms with Crippen molar-refractivity contribution in [3.63, 3.8) is 0 Å². The fraction of sp³-hybridized carbons (Fsp3) is 0.238. The minimum Gasteiger partial charge on any atom is -0.338 e. The smallest absolute Gasteiger partial charge is 0.266 e. The highest BCUT2D eigenvalue weighted by molar-refractivity contribution is 5.77. The molecule has 0 bridgehead atoms. The molecule has 7 heteroatoms. The summed E-state index contributed by atoms with van der Waals surface area (Å²) in [5.41, 5.74) is 3.62. The molecular weight excluding hydrogens is 352 g/mol. The molecule has 1 aliphatic heterocycles. The number of anilines is 1. The van der Waals surface area contributed by atoms with Gasteiger partial charge in [-0.25, -0.2) is 9.67 Å². The maximum absolute atomic E-state index is 12.4. The molecule has 4 heterocycles. The van der Waals surface area contributed by atoms with Gasteiger partial charge in [0, 0.05) is 30.6 Å². The lowest BCUT2D eigenvalue weighted by Gasteiger charge is -2.24. The quantitative estimate of drug-likeness (QED) is 0.596. The van der Waals surface area contributed by atoms with Crippen molar-refractivity contribution in [2.45, 2.75) is 25.4 Å². The highest BCUT2D eigenvalue weighted by atomic mass is 16.1. The molecule has 1 atom stereocenters. The van der Waals surface area contributed by atoms with E-state index >= 15 is 0 Å². The summed E-state index contributed by atoms with van der Waals surface area (Å²) in [5.74, 6) is 0.863. The van der Waals surface area contributed by atoms with Crippen molar-refractivity contribution < 1.29 is 0 Å². The van der Waals surface area contributed by atoms with Crippen molar-refractivity contribution in [1.82, 2.24) is 24.7 Å². The first-order valence-corrected chi connectivity index (χ1v) is 9.48. The second-order valence-electron chi connectivity index (χ2n) is 7.04. The molecule has 1 saturated heterocycles. The lowest BCUT2D eigenvalue weighted by atomic mass is 10.2. The van der Waals surface area contributed by atoms with E-state index in [0.29, 0.717) is 6.54 Å². The lowest BCUT2D eigenvalue weighted by molar-refractivity contribution is 0.487. The normalized spacial score (nSPS) is 16.7. The fourth-order valence-corrected chi connectivity index (χ4v) is 3.84. The lowest BCUT2D eigenvalue weighted by Crippen LogP contribution is -2.37. The summed E-state index contributed by atoms with van der Waals surface area (Å²) in [6, 6.07) is 15.3. The number of H-pyrrole nitrogens is 1. The number of aromatic amines is 1. The number of nitrogens with zero attached hydrogens (tertiary/aromatic N) is 5. The largest absolute Gasteiger partial charge is 0.338 e. The Bertz CT molecular complexity index is 1130. The molecule has 1 fully saturated rings. The van der Waals surface area contributed by atoms with E-state index < -0.39 is 0 Å². The molecule has 1 aliphatic rings. The maximum Gasteiger partial charge on any atom is 0.266 e. The number of imidazole rings is 1. The minimum absolute atomic E-state index is 0.0886. The highest BCUT2D eigenvalue weighted by Crippen LogP contribution is 2.26. The van der Waals surface area contributed by atoms with Gasteiger partial charge in [-0.05, 0) is 43.2 Å². The number of hydrogen-bond donors (Lipinski definition) is 1. The van der Waals surface area contributed by atoms with Crippen LogP contribution in [0.4, 0.5) is 5.95 Å². The molecule has 0 spiro atoms. The summed E-state index contributed by atoms with van der Waals surface area (Å²) in [7, 11) is 0. The molecule has 28 heavy (non-hydrogen) atoms. The predicted octanol–water partition coefficient (Wildman–Crippen LogP) is 2.85. The average Bonchev–Trinajstić information content (AvgIpc) is 3.36. The first kappa shape index (κ1) is 16.7. The molecule has 0 aliphatic carbocycles. The van der Waals surface area contributed by atoms with E-state index in [4.69, 9.17) is 4.98 Å². The Morgan fingerprint density at radius 2 is 1.93 bits per heavy atom. The Morgan fingerprint density at radius 1 is 1.07 bits per heavy atom. The van der Waals surface area contributed by atoms with Gasteiger partial charge in [0.1, 0.15) is 0 Å². The van der Waals surface area contributed by atoms with E-state index in [1.54, 1.807) is 29.2 Å². The summed E-state index contributed by atoms with van der Waals surface area (Å²) in [6.45, 7) is 1.46. The monoisotopic (exact) mass is 372 g/mol. The van der Waals surface area contributed by atoms with Gasteiger partial charge >= 0.3 is 0 Å². The van der Waals surface area contributed by atoms with E-state index in [-0.39, 0.29) is 11.6 Å². The number of hydrogen-bond acceptors (Lipinski definition) is 5. The second-order valence-corrected chi connectivity index (χ2v) is 7.04. The Balaban J connectivity index is 1.44. The van der Waals surface area contributed by atoms with Crippen LogP contribution in [0, 0.1) is 0 Å². The molecular formula is C21H20N6O. The summed E-state index contributed by atoms with van der Waals surface area (Å²) >= 11 is 0. The van der Waals surface area contributed by atoms with Gasteiger partial charge in [0.25, 0.3) is 5.56 Å². The van der Waals surface area contributed by atoms with E-state index in [1.807, 2.05) is 36.4 Å². The Kier molecular flexibility index (Phi) is 4.12. The van der Waals surface area contributed by atoms with Gasteiger partial charge in [-0.1, -0.05) is 12.1 Å². The minimum atomic E-state index is -0.0886. The zero-order valence-electron chi connectivity index (χ0n) is 15.3. The molecule has 140 valence electrons. The van der Waals surface area contributed by atoms with Gasteiger partial charge in [-0.3, -0.25) is 9.78 Å². The highest BCUT2D eigenvalue weighted by Gasteiger charge is 2.28. The molecule has 3 aromatic heterocycles. The Labute approximate surface area is 161 Å². The van der Waals surface area contributed by atoms with Gasteiger partial charge in [-0.15, -0.1) is 0 Å². The first-order valence-electron chi connectivity index (χ1n) is 9.48. The van der Waals surface area contributed by atoms with Crippen molar-refractivity contribution in [3.05, 3.63) is 71.3 Å². The van der Waals surface area contributed by atoms with Gasteiger partial charge in [0.2, 0.25) is 5.95 Å². The maximum atomic E-state index is 12.4. The van der Waals surface area contributed by atoms with Gasteiger partial charge in [-0.2, -0.15) is 5.10 Å². The summed E-state index contributed by atoms with van der Waals surface area (Å²) in [6.07, 6.45) is 5.53. The number of benzene rings is 1. The van der Waals surface area contributed by atoms with Crippen molar-refractivity contribution >= 4 is 17.0 Å². The van der Waals surface area contributed by atoms with Crippen LogP contribution in [0.1, 0.15) is 12.8 Å². The van der Waals surface area contributed by atoms with Crippen LogP contribution in [0.3, 0.4) is 0 Å². The summed E-state index contributed by atoms with van der Waals surface area (Å²) in [4.78, 5) is 26.9. The van der Waals surface area contributed by atoms with Gasteiger partial charge < -0.3 is 9.88 Å². The molecule has 4 aromatic rings. The standard InChI is InChI=1S/C21H20N6O/c28-20-8-7-17(15-9-11-22-12-10-15)25-27(20)14-16-4-3-13-26(16)21-23-18-5-1-2-6-19(18)24-21/h1-2,5-12,16H,3-4,13-14H2,(H,23,24). The van der Waals surface area contributed by atoms with Crippen LogP contribution in [0.2, 0.25) is 0 Å². The molecule has 1 unspecified atom stereocenters. The zero-order chi connectivity index (χ0) is 18.9. The predicted molar refractivity (Wildman–Crippen MR) is 108 cm³/mol. The molecule has 0 saturated carbocycles. The number of nitrogens with one attached hydrogen (secondary N) is 1. The van der Waals surface area contributed by atoms with E-state index in [0.717, 1.165) is 47.6 Å². The van der Waals surface area contributed by atoms with Gasteiger partial charge in [0.05, 0.1) is 29.3 Å². The molecule has 0 radical (unpaired) electrons. The van der Waals surface area contributed by atoms with Crippen molar-refractivity contribution in [2.75, 3.05) is 11.4 Å². The topological polar surface area (TPSA) is 79.7 Å². The number of rotatable bonds is 4. The number of para-hydroxylation sites is 2. The third-order valence-electron chi connectivity index (χ3n) is 5.25. The van der Waals surface area contributed by atoms with Crippen LogP contribution in [0.25, 0.3) is 22.3 Å². The molecule has 7 nitrogen and oxygen atoms in total. The van der Waals surface area contributed by atoms with Gasteiger partial charge in [0.15, 0.2) is 0 Å². The number of fused-ring (bicyclic) bond motifs is 1. The number of aromatic nitrogens is 5. The Hall–Kier alpha value is -3.48. The fourth-order valence-electron chi connectivity index (χ4n) is 3.84. The molecule has 5 rings (SSSR count). The summed E-state index contributed by atoms with van der Waals surface area (Å²) < 4.78 is 1.57. The van der Waals surface area contributed by atoms with Crippen LogP contribution in [0.5, 0.6) is 0 Å². The third kappa shape index (κ3) is 3.05. The van der Waals surface area contributed by atoms with Crippen LogP contribution in [-0.2, 0) is 6.54 Å². The zero-order valence-corrected chi connectivity index (χ0v) is 15.3. The van der Waals surface area contributed by atoms with Crippen LogP contribution in [-0.4, -0.2) is 37.3 Å².